The second kappa shape index (κ2) is 6.73. The van der Waals surface area contributed by atoms with E-state index >= 15 is 0 Å². The molecule has 1 aliphatic carbocycles. The number of nitrogens with zero attached hydrogens (tertiary/aromatic N) is 2. The Morgan fingerprint density at radius 3 is 2.72 bits per heavy atom. The number of hydrogen-bond acceptors (Lipinski definition) is 3. The zero-order chi connectivity index (χ0) is 13.0. The van der Waals surface area contributed by atoms with Crippen LogP contribution in [0.3, 0.4) is 0 Å². The lowest BCUT2D eigenvalue weighted by molar-refractivity contribution is 0.289. The largest absolute Gasteiger partial charge is 0.395 e. The molecule has 3 nitrogen and oxygen atoms in total. The molecule has 1 N–H and O–H groups in total. The second-order valence-corrected chi connectivity index (χ2v) is 5.96. The fourth-order valence-corrected chi connectivity index (χ4v) is 3.45. The average Bonchev–Trinajstić information content (AvgIpc) is 2.38. The summed E-state index contributed by atoms with van der Waals surface area (Å²) in [6.07, 6.45) is 7.86. The molecule has 0 radical (unpaired) electrons. The minimum Gasteiger partial charge on any atom is -0.395 e. The van der Waals surface area contributed by atoms with Gasteiger partial charge in [0.15, 0.2) is 0 Å². The third-order valence-electron chi connectivity index (χ3n) is 3.42. The van der Waals surface area contributed by atoms with Gasteiger partial charge in [-0.1, -0.05) is 30.9 Å². The Bertz CT molecular complexity index is 397. The summed E-state index contributed by atoms with van der Waals surface area (Å²) in [4.78, 5) is 6.62. The minimum atomic E-state index is 0.146. The van der Waals surface area contributed by atoms with E-state index in [0.29, 0.717) is 17.6 Å². The molecule has 0 aliphatic heterocycles. The molecule has 1 aliphatic rings. The van der Waals surface area contributed by atoms with Crippen LogP contribution in [0.5, 0.6) is 0 Å². The quantitative estimate of drug-likeness (QED) is 0.914. The van der Waals surface area contributed by atoms with Crippen molar-refractivity contribution >= 4 is 33.3 Å². The number of aromatic nitrogens is 1. The van der Waals surface area contributed by atoms with Crippen LogP contribution in [-0.4, -0.2) is 29.3 Å². The van der Waals surface area contributed by atoms with Crippen molar-refractivity contribution in [3.8, 4) is 0 Å². The van der Waals surface area contributed by atoms with Crippen LogP contribution < -0.4 is 4.90 Å². The summed E-state index contributed by atoms with van der Waals surface area (Å²) in [6.45, 7) is 0.769. The molecule has 0 bridgehead atoms. The van der Waals surface area contributed by atoms with Crippen molar-refractivity contribution in [2.75, 3.05) is 18.1 Å². The molecule has 1 saturated carbocycles. The van der Waals surface area contributed by atoms with Crippen LogP contribution in [0.15, 0.2) is 16.7 Å². The lowest BCUT2D eigenvalue weighted by Crippen LogP contribution is -2.39. The lowest BCUT2D eigenvalue weighted by Gasteiger charge is -2.35. The molecule has 0 aromatic carbocycles. The van der Waals surface area contributed by atoms with Gasteiger partial charge < -0.3 is 10.0 Å². The Labute approximate surface area is 121 Å². The maximum atomic E-state index is 9.26. The smallest absolute Gasteiger partial charge is 0.143 e. The van der Waals surface area contributed by atoms with Gasteiger partial charge in [-0.15, -0.1) is 0 Å². The third-order valence-corrected chi connectivity index (χ3v) is 4.21. The molecular formula is C13H18BrClN2O. The summed E-state index contributed by atoms with van der Waals surface area (Å²) in [5.74, 6) is 0.889. The van der Waals surface area contributed by atoms with Crippen LogP contribution in [0, 0.1) is 0 Å². The first-order valence-electron chi connectivity index (χ1n) is 6.41. The van der Waals surface area contributed by atoms with Crippen LogP contribution in [0.25, 0.3) is 0 Å². The topological polar surface area (TPSA) is 36.4 Å². The van der Waals surface area contributed by atoms with Crippen molar-refractivity contribution < 1.29 is 5.11 Å². The molecule has 0 unspecified atom stereocenters. The van der Waals surface area contributed by atoms with Gasteiger partial charge in [-0.05, 0) is 34.8 Å². The highest BCUT2D eigenvalue weighted by molar-refractivity contribution is 9.10. The number of rotatable bonds is 4. The van der Waals surface area contributed by atoms with Crippen LogP contribution in [0.1, 0.15) is 32.1 Å². The van der Waals surface area contributed by atoms with Gasteiger partial charge >= 0.3 is 0 Å². The van der Waals surface area contributed by atoms with E-state index in [2.05, 4.69) is 25.8 Å². The monoisotopic (exact) mass is 332 g/mol. The first kappa shape index (κ1) is 14.1. The highest BCUT2D eigenvalue weighted by Crippen LogP contribution is 2.31. The van der Waals surface area contributed by atoms with Gasteiger partial charge in [0.05, 0.1) is 16.1 Å². The maximum absolute atomic E-state index is 9.26. The van der Waals surface area contributed by atoms with Crippen LogP contribution >= 0.6 is 27.5 Å². The van der Waals surface area contributed by atoms with E-state index in [1.54, 1.807) is 6.20 Å². The van der Waals surface area contributed by atoms with Gasteiger partial charge in [-0.2, -0.15) is 0 Å². The number of halogens is 2. The van der Waals surface area contributed by atoms with Gasteiger partial charge in [0.2, 0.25) is 0 Å². The lowest BCUT2D eigenvalue weighted by atomic mass is 9.94. The summed E-state index contributed by atoms with van der Waals surface area (Å²) in [5, 5.41) is 9.89. The molecular weight excluding hydrogens is 316 g/mol. The summed E-state index contributed by atoms with van der Waals surface area (Å²) >= 11 is 9.44. The standard InChI is InChI=1S/C13H18BrClN2O/c14-12-8-10(15)9-16-13(12)17(6-7-18)11-4-2-1-3-5-11/h8-9,11,18H,1-7H2. The molecule has 5 heteroatoms. The predicted octanol–water partition coefficient (Wildman–Crippen LogP) is 3.63. The normalized spacial score (nSPS) is 16.8. The maximum Gasteiger partial charge on any atom is 0.143 e. The van der Waals surface area contributed by atoms with E-state index in [9.17, 15) is 5.11 Å². The molecule has 2 rings (SSSR count). The molecule has 0 amide bonds. The Hall–Kier alpha value is -0.320. The van der Waals surface area contributed by atoms with E-state index < -0.39 is 0 Å². The first-order chi connectivity index (χ1) is 8.72. The Kier molecular flexibility index (Phi) is 5.27. The Balaban J connectivity index is 2.22. The van der Waals surface area contributed by atoms with Crippen molar-refractivity contribution in [2.24, 2.45) is 0 Å². The molecule has 1 heterocycles. The van der Waals surface area contributed by atoms with Gasteiger partial charge in [0, 0.05) is 18.8 Å². The van der Waals surface area contributed by atoms with Crippen LogP contribution in [0.2, 0.25) is 5.02 Å². The zero-order valence-corrected chi connectivity index (χ0v) is 12.6. The van der Waals surface area contributed by atoms with Gasteiger partial charge in [0.1, 0.15) is 5.82 Å². The second-order valence-electron chi connectivity index (χ2n) is 4.67. The van der Waals surface area contributed by atoms with E-state index in [4.69, 9.17) is 11.6 Å². The van der Waals surface area contributed by atoms with Gasteiger partial charge in [-0.3, -0.25) is 0 Å². The number of aliphatic hydroxyl groups is 1. The number of anilines is 1. The molecule has 0 atom stereocenters. The van der Waals surface area contributed by atoms with Crippen LogP contribution in [-0.2, 0) is 0 Å². The number of hydrogen-bond donors (Lipinski definition) is 1. The first-order valence-corrected chi connectivity index (χ1v) is 7.58. The zero-order valence-electron chi connectivity index (χ0n) is 10.3. The summed E-state index contributed by atoms with van der Waals surface area (Å²) in [5.41, 5.74) is 0. The van der Waals surface area contributed by atoms with Crippen LogP contribution in [0.4, 0.5) is 5.82 Å². The third kappa shape index (κ3) is 3.37. The number of aliphatic hydroxyl groups excluding tert-OH is 1. The molecule has 1 aromatic heterocycles. The summed E-state index contributed by atoms with van der Waals surface area (Å²) in [7, 11) is 0. The van der Waals surface area contributed by atoms with Gasteiger partial charge in [-0.25, -0.2) is 4.98 Å². The molecule has 1 aromatic rings. The summed E-state index contributed by atoms with van der Waals surface area (Å²) in [6, 6.07) is 2.34. The van der Waals surface area contributed by atoms with E-state index in [0.717, 1.165) is 10.3 Å². The fourth-order valence-electron chi connectivity index (χ4n) is 2.58. The highest BCUT2D eigenvalue weighted by atomic mass is 79.9. The molecule has 0 spiro atoms. The number of pyridine rings is 1. The average molecular weight is 334 g/mol. The van der Waals surface area contributed by atoms with E-state index in [1.807, 2.05) is 6.07 Å². The van der Waals surface area contributed by atoms with Crippen molar-refractivity contribution in [1.82, 2.24) is 4.98 Å². The Morgan fingerprint density at radius 1 is 1.39 bits per heavy atom. The predicted molar refractivity (Wildman–Crippen MR) is 78.3 cm³/mol. The molecule has 18 heavy (non-hydrogen) atoms. The van der Waals surface area contributed by atoms with Gasteiger partial charge in [0.25, 0.3) is 0 Å². The van der Waals surface area contributed by atoms with Crippen molar-refractivity contribution in [2.45, 2.75) is 38.1 Å². The SMILES string of the molecule is OCCN(c1ncc(Cl)cc1Br)C1CCCCC1. The Morgan fingerprint density at radius 2 is 2.11 bits per heavy atom. The van der Waals surface area contributed by atoms with E-state index in [-0.39, 0.29) is 6.61 Å². The minimum absolute atomic E-state index is 0.146. The summed E-state index contributed by atoms with van der Waals surface area (Å²) < 4.78 is 0.897. The van der Waals surface area contributed by atoms with Crippen molar-refractivity contribution in [3.63, 3.8) is 0 Å². The fraction of sp³-hybridized carbons (Fsp3) is 0.615. The van der Waals surface area contributed by atoms with Crippen molar-refractivity contribution in [1.29, 1.82) is 0 Å². The molecule has 0 saturated heterocycles. The molecule has 1 fully saturated rings. The van der Waals surface area contributed by atoms with Crippen molar-refractivity contribution in [3.05, 3.63) is 21.8 Å². The van der Waals surface area contributed by atoms with E-state index in [1.165, 1.54) is 32.1 Å². The molecule has 100 valence electrons. The highest BCUT2D eigenvalue weighted by Gasteiger charge is 2.23.